The van der Waals surface area contributed by atoms with Crippen LogP contribution in [0.1, 0.15) is 90.4 Å². The van der Waals surface area contributed by atoms with Gasteiger partial charge >= 0.3 is 5.97 Å². The largest absolute Gasteiger partial charge is 0.481 e. The highest BCUT2D eigenvalue weighted by atomic mass is 16.4. The monoisotopic (exact) mass is 296 g/mol. The van der Waals surface area contributed by atoms with Crippen molar-refractivity contribution >= 4 is 11.8 Å². The number of Topliss-reactive ketones (excluding diaryl/α,β-unsaturated/α-hetero) is 1. The van der Waals surface area contributed by atoms with E-state index in [0.29, 0.717) is 18.6 Å². The molecule has 0 unspecified atom stereocenters. The molecular formula is C18H32O3. The Balaban J connectivity index is 3.27. The molecule has 0 fully saturated rings. The maximum atomic E-state index is 11.7. The molecule has 3 heteroatoms. The van der Waals surface area contributed by atoms with Crippen molar-refractivity contribution in [2.24, 2.45) is 0 Å². The van der Waals surface area contributed by atoms with Crippen molar-refractivity contribution in [2.75, 3.05) is 0 Å². The molecule has 0 saturated heterocycles. The lowest BCUT2D eigenvalue weighted by Gasteiger charge is -2.01. The van der Waals surface area contributed by atoms with E-state index in [1.165, 1.54) is 12.8 Å². The minimum atomic E-state index is -0.714. The van der Waals surface area contributed by atoms with Gasteiger partial charge in [-0.15, -0.1) is 0 Å². The first kappa shape index (κ1) is 19.9. The lowest BCUT2D eigenvalue weighted by Crippen LogP contribution is -1.97. The van der Waals surface area contributed by atoms with Crippen molar-refractivity contribution in [3.63, 3.8) is 0 Å². The molecule has 0 radical (unpaired) electrons. The Morgan fingerprint density at radius 1 is 0.762 bits per heavy atom. The molecule has 21 heavy (non-hydrogen) atoms. The summed E-state index contributed by atoms with van der Waals surface area (Å²) in [5.74, 6) is -0.337. The van der Waals surface area contributed by atoms with Gasteiger partial charge in [-0.05, 0) is 32.1 Å². The molecule has 0 saturated carbocycles. The van der Waals surface area contributed by atoms with Crippen LogP contribution in [0.5, 0.6) is 0 Å². The van der Waals surface area contributed by atoms with Crippen LogP contribution < -0.4 is 0 Å². The molecule has 0 bridgehead atoms. The highest BCUT2D eigenvalue weighted by molar-refractivity contribution is 5.78. The van der Waals surface area contributed by atoms with Crippen molar-refractivity contribution in [3.05, 3.63) is 12.2 Å². The lowest BCUT2D eigenvalue weighted by atomic mass is 10.0. The van der Waals surface area contributed by atoms with E-state index in [2.05, 4.69) is 19.1 Å². The summed E-state index contributed by atoms with van der Waals surface area (Å²) in [5.41, 5.74) is 0. The summed E-state index contributed by atoms with van der Waals surface area (Å²) in [6.07, 6.45) is 16.5. The van der Waals surface area contributed by atoms with Crippen LogP contribution in [0, 0.1) is 0 Å². The third-order valence-corrected chi connectivity index (χ3v) is 3.56. The minimum absolute atomic E-state index is 0.269. The second kappa shape index (κ2) is 15.3. The van der Waals surface area contributed by atoms with E-state index in [0.717, 1.165) is 51.4 Å². The minimum Gasteiger partial charge on any atom is -0.481 e. The fourth-order valence-electron chi connectivity index (χ4n) is 2.23. The molecule has 0 aromatic rings. The number of hydrogen-bond acceptors (Lipinski definition) is 2. The van der Waals surface area contributed by atoms with Gasteiger partial charge in [-0.2, -0.15) is 0 Å². The number of carbonyl (C=O) groups excluding carboxylic acids is 1. The number of carboxylic acid groups (broad SMARTS) is 1. The fraction of sp³-hybridized carbons (Fsp3) is 0.778. The average Bonchev–Trinajstić information content (AvgIpc) is 2.45. The molecule has 0 spiro atoms. The SMILES string of the molecule is CCCCC=CCCCC(=O)CCCCCCCC(=O)O. The number of carbonyl (C=O) groups is 2. The number of aliphatic carboxylic acids is 1. The average molecular weight is 296 g/mol. The molecule has 0 aromatic heterocycles. The number of unbranched alkanes of at least 4 members (excludes halogenated alkanes) is 7. The highest BCUT2D eigenvalue weighted by Gasteiger charge is 2.01. The molecule has 3 nitrogen and oxygen atoms in total. The highest BCUT2D eigenvalue weighted by Crippen LogP contribution is 2.09. The van der Waals surface area contributed by atoms with E-state index in [1.807, 2.05) is 0 Å². The summed E-state index contributed by atoms with van der Waals surface area (Å²) in [4.78, 5) is 22.0. The van der Waals surface area contributed by atoms with Gasteiger partial charge in [0.25, 0.3) is 0 Å². The number of hydrogen-bond donors (Lipinski definition) is 1. The predicted octanol–water partition coefficient (Wildman–Crippen LogP) is 5.29. The third-order valence-electron chi connectivity index (χ3n) is 3.56. The molecule has 122 valence electrons. The van der Waals surface area contributed by atoms with Gasteiger partial charge in [0.1, 0.15) is 5.78 Å². The Bertz CT molecular complexity index is 295. The van der Waals surface area contributed by atoms with Crippen LogP contribution in [0.15, 0.2) is 12.2 Å². The zero-order chi connectivity index (χ0) is 15.8. The van der Waals surface area contributed by atoms with Crippen LogP contribution in [0.25, 0.3) is 0 Å². The summed E-state index contributed by atoms with van der Waals surface area (Å²) in [6, 6.07) is 0. The summed E-state index contributed by atoms with van der Waals surface area (Å²) in [7, 11) is 0. The van der Waals surface area contributed by atoms with E-state index < -0.39 is 5.97 Å². The Labute approximate surface area is 129 Å². The van der Waals surface area contributed by atoms with Crippen LogP contribution in [0.4, 0.5) is 0 Å². The summed E-state index contributed by atoms with van der Waals surface area (Å²) in [5, 5.41) is 8.50. The second-order valence-corrected chi connectivity index (χ2v) is 5.71. The van der Waals surface area contributed by atoms with Gasteiger partial charge in [0.15, 0.2) is 0 Å². The fourth-order valence-corrected chi connectivity index (χ4v) is 2.23. The zero-order valence-electron chi connectivity index (χ0n) is 13.6. The first-order valence-corrected chi connectivity index (χ1v) is 8.55. The van der Waals surface area contributed by atoms with Crippen molar-refractivity contribution in [1.29, 1.82) is 0 Å². The Kier molecular flexibility index (Phi) is 14.5. The van der Waals surface area contributed by atoms with Gasteiger partial charge in [0.2, 0.25) is 0 Å². The molecule has 1 N–H and O–H groups in total. The summed E-state index contributed by atoms with van der Waals surface area (Å²) >= 11 is 0. The molecule has 0 aliphatic rings. The van der Waals surface area contributed by atoms with Gasteiger partial charge < -0.3 is 5.11 Å². The second-order valence-electron chi connectivity index (χ2n) is 5.71. The van der Waals surface area contributed by atoms with Crippen molar-refractivity contribution in [2.45, 2.75) is 90.4 Å². The van der Waals surface area contributed by atoms with Crippen LogP contribution >= 0.6 is 0 Å². The maximum Gasteiger partial charge on any atom is 0.303 e. The first-order valence-electron chi connectivity index (χ1n) is 8.55. The van der Waals surface area contributed by atoms with Gasteiger partial charge in [-0.3, -0.25) is 9.59 Å². The normalized spacial score (nSPS) is 11.1. The number of ketones is 1. The quantitative estimate of drug-likeness (QED) is 0.330. The number of rotatable bonds is 15. The summed E-state index contributed by atoms with van der Waals surface area (Å²) < 4.78 is 0. The Morgan fingerprint density at radius 3 is 1.90 bits per heavy atom. The van der Waals surface area contributed by atoms with Crippen LogP contribution in [0.3, 0.4) is 0 Å². The predicted molar refractivity (Wildman–Crippen MR) is 87.5 cm³/mol. The van der Waals surface area contributed by atoms with E-state index in [1.54, 1.807) is 0 Å². The van der Waals surface area contributed by atoms with Crippen molar-refractivity contribution in [1.82, 2.24) is 0 Å². The van der Waals surface area contributed by atoms with Crippen LogP contribution in [-0.2, 0) is 9.59 Å². The third kappa shape index (κ3) is 16.8. The standard InChI is InChI=1S/C18H32O3/c1-2-3-4-5-6-8-11-14-17(19)15-12-9-7-10-13-16-18(20)21/h5-6H,2-4,7-16H2,1H3,(H,20,21). The number of allylic oxidation sites excluding steroid dienone is 2. The maximum absolute atomic E-state index is 11.7. The van der Waals surface area contributed by atoms with Crippen molar-refractivity contribution < 1.29 is 14.7 Å². The molecule has 0 rings (SSSR count). The van der Waals surface area contributed by atoms with E-state index in [-0.39, 0.29) is 6.42 Å². The summed E-state index contributed by atoms with van der Waals surface area (Å²) in [6.45, 7) is 2.19. The van der Waals surface area contributed by atoms with Crippen LogP contribution in [0.2, 0.25) is 0 Å². The molecule has 0 aliphatic heterocycles. The van der Waals surface area contributed by atoms with Gasteiger partial charge in [0, 0.05) is 19.3 Å². The molecular weight excluding hydrogens is 264 g/mol. The molecule has 0 heterocycles. The Morgan fingerprint density at radius 2 is 1.29 bits per heavy atom. The van der Waals surface area contributed by atoms with Crippen molar-refractivity contribution in [3.8, 4) is 0 Å². The van der Waals surface area contributed by atoms with Gasteiger partial charge in [-0.25, -0.2) is 0 Å². The lowest BCUT2D eigenvalue weighted by molar-refractivity contribution is -0.137. The topological polar surface area (TPSA) is 54.4 Å². The smallest absolute Gasteiger partial charge is 0.303 e. The van der Waals surface area contributed by atoms with Crippen LogP contribution in [-0.4, -0.2) is 16.9 Å². The molecule has 0 aromatic carbocycles. The van der Waals surface area contributed by atoms with E-state index in [4.69, 9.17) is 5.11 Å². The molecule has 0 atom stereocenters. The van der Waals surface area contributed by atoms with E-state index in [9.17, 15) is 9.59 Å². The van der Waals surface area contributed by atoms with E-state index >= 15 is 0 Å². The van der Waals surface area contributed by atoms with Gasteiger partial charge in [0.05, 0.1) is 0 Å². The molecule has 0 amide bonds. The molecule has 0 aliphatic carbocycles. The van der Waals surface area contributed by atoms with Gasteiger partial charge in [-0.1, -0.05) is 51.2 Å². The first-order chi connectivity index (χ1) is 10.2. The zero-order valence-corrected chi connectivity index (χ0v) is 13.6. The Hall–Kier alpha value is -1.12. The number of carboxylic acids is 1.